The van der Waals surface area contributed by atoms with Crippen LogP contribution < -0.4 is 5.43 Å². The Morgan fingerprint density at radius 1 is 1.09 bits per heavy atom. The van der Waals surface area contributed by atoms with Crippen molar-refractivity contribution in [2.24, 2.45) is 5.10 Å². The van der Waals surface area contributed by atoms with Gasteiger partial charge in [-0.2, -0.15) is 5.10 Å². The van der Waals surface area contributed by atoms with Crippen molar-refractivity contribution in [3.63, 3.8) is 0 Å². The molecule has 4 rings (SSSR count). The minimum absolute atomic E-state index is 0.157. The lowest BCUT2D eigenvalue weighted by molar-refractivity contribution is -0.118. The molecule has 6 nitrogen and oxygen atoms in total. The number of nitrogens with zero attached hydrogens (tertiary/aromatic N) is 4. The first kappa shape index (κ1) is 22.3. The van der Waals surface area contributed by atoms with Gasteiger partial charge in [0.2, 0.25) is 0 Å². The van der Waals surface area contributed by atoms with Gasteiger partial charge in [-0.1, -0.05) is 85.1 Å². The number of carbonyl (C=O) groups is 1. The number of benzene rings is 2. The predicted molar refractivity (Wildman–Crippen MR) is 130 cm³/mol. The fourth-order valence-electron chi connectivity index (χ4n) is 4.01. The van der Waals surface area contributed by atoms with Crippen LogP contribution >= 0.6 is 11.8 Å². The minimum atomic E-state index is -0.157. The number of amides is 1. The summed E-state index contributed by atoms with van der Waals surface area (Å²) in [6, 6.07) is 16.7. The van der Waals surface area contributed by atoms with Crippen molar-refractivity contribution in [3.05, 3.63) is 65.2 Å². The topological polar surface area (TPSA) is 72.2 Å². The van der Waals surface area contributed by atoms with E-state index < -0.39 is 0 Å². The van der Waals surface area contributed by atoms with Crippen molar-refractivity contribution in [2.75, 3.05) is 5.75 Å². The van der Waals surface area contributed by atoms with E-state index in [4.69, 9.17) is 0 Å². The van der Waals surface area contributed by atoms with E-state index in [1.165, 1.54) is 36.6 Å². The number of thioether (sulfide) groups is 1. The molecule has 1 saturated carbocycles. The predicted octanol–water partition coefficient (Wildman–Crippen LogP) is 5.31. The summed E-state index contributed by atoms with van der Waals surface area (Å²) >= 11 is 1.42. The lowest BCUT2D eigenvalue weighted by atomic mass is 9.95. The van der Waals surface area contributed by atoms with Gasteiger partial charge in [-0.15, -0.1) is 10.2 Å². The number of nitrogens with one attached hydrogen (secondary N) is 1. The summed E-state index contributed by atoms with van der Waals surface area (Å²) in [4.78, 5) is 12.4. The van der Waals surface area contributed by atoms with Gasteiger partial charge in [0.05, 0.1) is 12.0 Å². The van der Waals surface area contributed by atoms with Gasteiger partial charge in [-0.05, 0) is 37.8 Å². The Hall–Kier alpha value is -2.93. The Labute approximate surface area is 193 Å². The number of carbonyl (C=O) groups excluding carboxylic acids is 1. The summed E-state index contributed by atoms with van der Waals surface area (Å²) in [5, 5.41) is 13.9. The molecule has 0 aliphatic heterocycles. The third-order valence-corrected chi connectivity index (χ3v) is 6.77. The molecule has 7 heteroatoms. The molecule has 1 aliphatic carbocycles. The van der Waals surface area contributed by atoms with Gasteiger partial charge in [0, 0.05) is 11.6 Å². The first-order chi connectivity index (χ1) is 15.6. The van der Waals surface area contributed by atoms with Crippen LogP contribution in [0, 0.1) is 13.8 Å². The number of rotatable bonds is 7. The summed E-state index contributed by atoms with van der Waals surface area (Å²) in [6.07, 6.45) is 7.64. The Morgan fingerprint density at radius 3 is 2.59 bits per heavy atom. The second-order valence-corrected chi connectivity index (χ2v) is 9.21. The van der Waals surface area contributed by atoms with Crippen LogP contribution in [0.5, 0.6) is 0 Å². The maximum Gasteiger partial charge on any atom is 0.250 e. The first-order valence-electron chi connectivity index (χ1n) is 11.1. The molecule has 1 amide bonds. The fourth-order valence-corrected chi connectivity index (χ4v) is 4.81. The van der Waals surface area contributed by atoms with Crippen molar-refractivity contribution < 1.29 is 4.79 Å². The third kappa shape index (κ3) is 5.46. The van der Waals surface area contributed by atoms with Crippen LogP contribution in [0.2, 0.25) is 0 Å². The molecule has 0 bridgehead atoms. The highest BCUT2D eigenvalue weighted by atomic mass is 32.2. The molecule has 2 aromatic carbocycles. The molecule has 0 radical (unpaired) electrons. The quantitative estimate of drug-likeness (QED) is 0.303. The van der Waals surface area contributed by atoms with E-state index in [-0.39, 0.29) is 11.7 Å². The van der Waals surface area contributed by atoms with Gasteiger partial charge in [-0.3, -0.25) is 9.36 Å². The van der Waals surface area contributed by atoms with Crippen LogP contribution in [0.25, 0.3) is 11.4 Å². The maximum atomic E-state index is 12.4. The second-order valence-electron chi connectivity index (χ2n) is 8.27. The van der Waals surface area contributed by atoms with E-state index in [9.17, 15) is 4.79 Å². The van der Waals surface area contributed by atoms with Gasteiger partial charge in [0.15, 0.2) is 11.0 Å². The number of hydrogen-bond acceptors (Lipinski definition) is 5. The van der Waals surface area contributed by atoms with Crippen molar-refractivity contribution in [2.45, 2.75) is 57.1 Å². The van der Waals surface area contributed by atoms with E-state index in [1.54, 1.807) is 6.21 Å². The Bertz CT molecular complexity index is 1080. The Balaban J connectivity index is 1.46. The van der Waals surface area contributed by atoms with E-state index in [2.05, 4.69) is 56.5 Å². The number of aryl methyl sites for hydroxylation is 2. The summed E-state index contributed by atoms with van der Waals surface area (Å²) in [5.74, 6) is 0.969. The molecule has 1 aromatic heterocycles. The van der Waals surface area contributed by atoms with Crippen LogP contribution in [-0.4, -0.2) is 32.6 Å². The van der Waals surface area contributed by atoms with E-state index in [0.29, 0.717) is 6.04 Å². The zero-order valence-corrected chi connectivity index (χ0v) is 19.4. The summed E-state index contributed by atoms with van der Waals surface area (Å²) < 4.78 is 2.25. The van der Waals surface area contributed by atoms with E-state index >= 15 is 0 Å². The molecule has 0 saturated heterocycles. The lowest BCUT2D eigenvalue weighted by Gasteiger charge is -2.25. The molecule has 3 aromatic rings. The minimum Gasteiger partial charge on any atom is -0.299 e. The van der Waals surface area contributed by atoms with Crippen molar-refractivity contribution in [1.29, 1.82) is 0 Å². The molecule has 32 heavy (non-hydrogen) atoms. The highest BCUT2D eigenvalue weighted by Gasteiger charge is 2.24. The molecule has 1 aliphatic rings. The highest BCUT2D eigenvalue weighted by molar-refractivity contribution is 7.99. The summed E-state index contributed by atoms with van der Waals surface area (Å²) in [6.45, 7) is 4.10. The van der Waals surface area contributed by atoms with Crippen LogP contribution in [0.4, 0.5) is 0 Å². The standard InChI is InChI=1S/C25H29N5OS/c1-18-12-14-20(15-13-18)24-28-29-25(30(24)22-10-4-3-5-11-22)32-17-23(31)27-26-16-21-9-7-6-8-19(21)2/h6-9,12-16,22H,3-5,10-11,17H2,1-2H3,(H,27,31)/b26-16+. The van der Waals surface area contributed by atoms with Crippen molar-refractivity contribution in [1.82, 2.24) is 20.2 Å². The van der Waals surface area contributed by atoms with Crippen molar-refractivity contribution >= 4 is 23.9 Å². The largest absolute Gasteiger partial charge is 0.299 e. The van der Waals surface area contributed by atoms with Crippen LogP contribution in [-0.2, 0) is 4.79 Å². The normalized spacial score (nSPS) is 14.7. The maximum absolute atomic E-state index is 12.4. The molecule has 166 valence electrons. The molecule has 1 fully saturated rings. The average Bonchev–Trinajstić information content (AvgIpc) is 3.24. The molecular formula is C25H29N5OS. The van der Waals surface area contributed by atoms with Crippen molar-refractivity contribution in [3.8, 4) is 11.4 Å². The van der Waals surface area contributed by atoms with Gasteiger partial charge < -0.3 is 0 Å². The molecule has 1 heterocycles. The Morgan fingerprint density at radius 2 is 1.84 bits per heavy atom. The van der Waals surface area contributed by atoms with Gasteiger partial charge in [-0.25, -0.2) is 5.43 Å². The second kappa shape index (κ2) is 10.6. The van der Waals surface area contributed by atoms with Crippen LogP contribution in [0.3, 0.4) is 0 Å². The smallest absolute Gasteiger partial charge is 0.250 e. The van der Waals surface area contributed by atoms with Crippen LogP contribution in [0.15, 0.2) is 58.8 Å². The summed E-state index contributed by atoms with van der Waals surface area (Å²) in [7, 11) is 0. The molecule has 0 spiro atoms. The van der Waals surface area contributed by atoms with Gasteiger partial charge >= 0.3 is 0 Å². The monoisotopic (exact) mass is 447 g/mol. The highest BCUT2D eigenvalue weighted by Crippen LogP contribution is 2.35. The van der Waals surface area contributed by atoms with E-state index in [1.807, 2.05) is 31.2 Å². The summed E-state index contributed by atoms with van der Waals surface area (Å²) in [5.41, 5.74) is 7.01. The number of aromatic nitrogens is 3. The number of hydrazone groups is 1. The molecular weight excluding hydrogens is 418 g/mol. The SMILES string of the molecule is Cc1ccc(-c2nnc(SCC(=O)N/N=C/c3ccccc3C)n2C2CCCCC2)cc1. The van der Waals surface area contributed by atoms with Crippen LogP contribution in [0.1, 0.15) is 54.8 Å². The zero-order chi connectivity index (χ0) is 22.3. The average molecular weight is 448 g/mol. The Kier molecular flexibility index (Phi) is 7.37. The lowest BCUT2D eigenvalue weighted by Crippen LogP contribution is -2.20. The van der Waals surface area contributed by atoms with Gasteiger partial charge in [0.1, 0.15) is 0 Å². The van der Waals surface area contributed by atoms with E-state index in [0.717, 1.165) is 40.5 Å². The third-order valence-electron chi connectivity index (χ3n) is 5.83. The number of hydrogen-bond donors (Lipinski definition) is 1. The first-order valence-corrected chi connectivity index (χ1v) is 12.1. The zero-order valence-electron chi connectivity index (χ0n) is 18.6. The van der Waals surface area contributed by atoms with Gasteiger partial charge in [0.25, 0.3) is 5.91 Å². The molecule has 1 N–H and O–H groups in total. The molecule has 0 unspecified atom stereocenters. The fraction of sp³-hybridized carbons (Fsp3) is 0.360. The molecule has 0 atom stereocenters.